The fraction of sp³-hybridized carbons (Fsp3) is 0.0769. The van der Waals surface area contributed by atoms with Gasteiger partial charge in [0.05, 0.1) is 0 Å². The molecule has 0 saturated heterocycles. The van der Waals surface area contributed by atoms with Gasteiger partial charge in [0.2, 0.25) is 0 Å². The minimum absolute atomic E-state index is 0.865. The van der Waals surface area contributed by atoms with Crippen LogP contribution < -0.4 is 23.0 Å². The number of nitrogens with two attached hydrogens (primary N) is 3. The lowest BCUT2D eigenvalue weighted by atomic mass is 9.92. The third-order valence-electron chi connectivity index (χ3n) is 2.98. The molecule has 0 fully saturated rings. The molecule has 5 nitrogen and oxygen atoms in total. The van der Waals surface area contributed by atoms with Gasteiger partial charge in [0.25, 0.3) is 0 Å². The lowest BCUT2D eigenvalue weighted by Gasteiger charge is -2.38. The van der Waals surface area contributed by atoms with E-state index in [1.54, 1.807) is 0 Å². The molecule has 94 valence electrons. The third-order valence-corrected chi connectivity index (χ3v) is 2.98. The molecule has 0 radical (unpaired) electrons. The van der Waals surface area contributed by atoms with Gasteiger partial charge in [-0.15, -0.1) is 0 Å². The molecule has 2 aromatic carbocycles. The molecule has 0 unspecified atom stereocenters. The Balaban J connectivity index is 2.61. The van der Waals surface area contributed by atoms with Crippen molar-refractivity contribution in [2.75, 3.05) is 0 Å². The van der Waals surface area contributed by atoms with E-state index in [9.17, 15) is 0 Å². The summed E-state index contributed by atoms with van der Waals surface area (Å²) in [5.41, 5.74) is 3.50. The zero-order valence-electron chi connectivity index (χ0n) is 9.95. The topological polar surface area (TPSA) is 93.3 Å². The van der Waals surface area contributed by atoms with Gasteiger partial charge in [0.15, 0.2) is 5.66 Å². The second kappa shape index (κ2) is 5.26. The van der Waals surface area contributed by atoms with Gasteiger partial charge in [-0.1, -0.05) is 60.7 Å². The Morgan fingerprint density at radius 2 is 1.17 bits per heavy atom. The minimum Gasteiger partial charge on any atom is -0.269 e. The molecule has 2 rings (SSSR count). The van der Waals surface area contributed by atoms with Crippen molar-refractivity contribution >= 4 is 0 Å². The summed E-state index contributed by atoms with van der Waals surface area (Å²) in [4.78, 5) is 0. The van der Waals surface area contributed by atoms with Crippen molar-refractivity contribution in [2.45, 2.75) is 5.66 Å². The summed E-state index contributed by atoms with van der Waals surface area (Å²) < 4.78 is 0. The quantitative estimate of drug-likeness (QED) is 0.354. The van der Waals surface area contributed by atoms with E-state index in [-0.39, 0.29) is 0 Å². The van der Waals surface area contributed by atoms with E-state index in [0.717, 1.165) is 16.2 Å². The van der Waals surface area contributed by atoms with Crippen molar-refractivity contribution in [3.63, 3.8) is 0 Å². The molecule has 5 heteroatoms. The highest BCUT2D eigenvalue weighted by molar-refractivity contribution is 5.36. The van der Waals surface area contributed by atoms with Crippen LogP contribution in [0.15, 0.2) is 60.7 Å². The van der Waals surface area contributed by atoms with Crippen LogP contribution in [-0.4, -0.2) is 5.12 Å². The zero-order chi connectivity index (χ0) is 13.0. The predicted octanol–water partition coefficient (Wildman–Crippen LogP) is 0.400. The highest BCUT2D eigenvalue weighted by Gasteiger charge is 2.36. The van der Waals surface area contributed by atoms with E-state index in [2.05, 4.69) is 5.43 Å². The van der Waals surface area contributed by atoms with Gasteiger partial charge in [0.1, 0.15) is 0 Å². The zero-order valence-corrected chi connectivity index (χ0v) is 9.95. The highest BCUT2D eigenvalue weighted by atomic mass is 15.7. The number of hydrogen-bond donors (Lipinski definition) is 4. The first-order valence-electron chi connectivity index (χ1n) is 5.60. The number of hydrogen-bond acceptors (Lipinski definition) is 5. The number of nitrogens with zero attached hydrogens (tertiary/aromatic N) is 1. The van der Waals surface area contributed by atoms with Crippen LogP contribution in [0.2, 0.25) is 0 Å². The Kier molecular flexibility index (Phi) is 3.71. The molecule has 7 N–H and O–H groups in total. The number of rotatable bonds is 4. The summed E-state index contributed by atoms with van der Waals surface area (Å²) in [6.45, 7) is 0. The summed E-state index contributed by atoms with van der Waals surface area (Å²) in [6.07, 6.45) is 0. The van der Waals surface area contributed by atoms with Gasteiger partial charge < -0.3 is 0 Å². The average Bonchev–Trinajstić information content (AvgIpc) is 2.42. The first kappa shape index (κ1) is 12.7. The van der Waals surface area contributed by atoms with Crippen LogP contribution in [0.25, 0.3) is 0 Å². The molecular formula is C13H17N5. The standard InChI is InChI=1S/C13H17N5/c14-17-13(18(15)16,11-7-3-1-4-8-11)12-9-5-2-6-10-12/h1-10,17H,14-16H2. The van der Waals surface area contributed by atoms with Gasteiger partial charge in [0, 0.05) is 0 Å². The van der Waals surface area contributed by atoms with E-state index in [1.165, 1.54) is 0 Å². The van der Waals surface area contributed by atoms with E-state index >= 15 is 0 Å². The van der Waals surface area contributed by atoms with Crippen LogP contribution in [0.1, 0.15) is 11.1 Å². The fourth-order valence-corrected chi connectivity index (χ4v) is 2.06. The summed E-state index contributed by atoms with van der Waals surface area (Å²) in [7, 11) is 0. The maximum atomic E-state index is 5.81. The first-order valence-corrected chi connectivity index (χ1v) is 5.60. The smallest absolute Gasteiger partial charge is 0.163 e. The van der Waals surface area contributed by atoms with Crippen molar-refractivity contribution in [1.82, 2.24) is 10.5 Å². The second-order valence-corrected chi connectivity index (χ2v) is 3.99. The van der Waals surface area contributed by atoms with Crippen molar-refractivity contribution in [2.24, 2.45) is 17.5 Å². The van der Waals surface area contributed by atoms with Crippen LogP contribution in [0, 0.1) is 0 Å². The Morgan fingerprint density at radius 3 is 1.44 bits per heavy atom. The molecule has 0 spiro atoms. The van der Waals surface area contributed by atoms with Crippen molar-refractivity contribution in [3.8, 4) is 0 Å². The Morgan fingerprint density at radius 1 is 0.778 bits per heavy atom. The normalized spacial score (nSPS) is 11.8. The van der Waals surface area contributed by atoms with Crippen LogP contribution in [-0.2, 0) is 5.66 Å². The molecule has 0 aliphatic carbocycles. The van der Waals surface area contributed by atoms with Crippen LogP contribution in [0.5, 0.6) is 0 Å². The number of benzene rings is 2. The van der Waals surface area contributed by atoms with Crippen LogP contribution in [0.4, 0.5) is 0 Å². The highest BCUT2D eigenvalue weighted by Crippen LogP contribution is 2.28. The second-order valence-electron chi connectivity index (χ2n) is 3.99. The molecule has 0 aliphatic heterocycles. The molecule has 18 heavy (non-hydrogen) atoms. The molecule has 0 heterocycles. The van der Waals surface area contributed by atoms with Gasteiger partial charge in [-0.05, 0) is 11.1 Å². The average molecular weight is 243 g/mol. The molecular weight excluding hydrogens is 226 g/mol. The van der Waals surface area contributed by atoms with E-state index in [4.69, 9.17) is 17.5 Å². The molecule has 0 aromatic heterocycles. The Bertz CT molecular complexity index is 444. The van der Waals surface area contributed by atoms with Gasteiger partial charge in [-0.25, -0.2) is 5.43 Å². The minimum atomic E-state index is -0.956. The van der Waals surface area contributed by atoms with E-state index in [1.807, 2.05) is 60.7 Å². The lowest BCUT2D eigenvalue weighted by Crippen LogP contribution is -2.65. The largest absolute Gasteiger partial charge is 0.269 e. The van der Waals surface area contributed by atoms with Crippen molar-refractivity contribution in [3.05, 3.63) is 71.8 Å². The fourth-order valence-electron chi connectivity index (χ4n) is 2.06. The summed E-state index contributed by atoms with van der Waals surface area (Å²) in [6, 6.07) is 19.2. The van der Waals surface area contributed by atoms with E-state index < -0.39 is 5.66 Å². The number of nitrogens with one attached hydrogen (secondary N) is 1. The van der Waals surface area contributed by atoms with Crippen molar-refractivity contribution < 1.29 is 0 Å². The Hall–Kier alpha value is -1.76. The summed E-state index contributed by atoms with van der Waals surface area (Å²) >= 11 is 0. The molecule has 0 saturated carbocycles. The van der Waals surface area contributed by atoms with Crippen LogP contribution in [0.3, 0.4) is 0 Å². The molecule has 0 bridgehead atoms. The van der Waals surface area contributed by atoms with Gasteiger partial charge in [-0.2, -0.15) is 5.12 Å². The third kappa shape index (κ3) is 2.01. The first-order chi connectivity index (χ1) is 8.71. The van der Waals surface area contributed by atoms with E-state index in [0.29, 0.717) is 0 Å². The maximum Gasteiger partial charge on any atom is 0.163 e. The van der Waals surface area contributed by atoms with Gasteiger partial charge >= 0.3 is 0 Å². The Labute approximate surface area is 106 Å². The predicted molar refractivity (Wildman–Crippen MR) is 71.2 cm³/mol. The molecule has 0 amide bonds. The van der Waals surface area contributed by atoms with Crippen molar-refractivity contribution in [1.29, 1.82) is 0 Å². The molecule has 0 aliphatic rings. The molecule has 0 atom stereocenters. The maximum absolute atomic E-state index is 5.81. The monoisotopic (exact) mass is 243 g/mol. The summed E-state index contributed by atoms with van der Waals surface area (Å²) in [5.74, 6) is 17.4. The SMILES string of the molecule is NNC(c1ccccc1)(c1ccccc1)N(N)N. The lowest BCUT2D eigenvalue weighted by molar-refractivity contribution is 0.0888. The number of hydrazine groups is 3. The van der Waals surface area contributed by atoms with Gasteiger partial charge in [-0.3, -0.25) is 17.5 Å². The molecule has 2 aromatic rings. The summed E-state index contributed by atoms with van der Waals surface area (Å²) in [5, 5.41) is 1.08. The van der Waals surface area contributed by atoms with Crippen LogP contribution >= 0.6 is 0 Å².